The van der Waals surface area contributed by atoms with Gasteiger partial charge in [0.1, 0.15) is 0 Å². The summed E-state index contributed by atoms with van der Waals surface area (Å²) in [6, 6.07) is 0. The highest BCUT2D eigenvalue weighted by Crippen LogP contribution is 1.54. The average Bonchev–Trinajstić information content (AvgIpc) is 0.918. The molecule has 0 aliphatic rings. The molecule has 0 atom stereocenters. The second-order valence-electron chi connectivity index (χ2n) is 0.267. The van der Waals surface area contributed by atoms with Crippen molar-refractivity contribution in [3.05, 3.63) is 0 Å². The standard InChI is InChI=1S/CH3.ClH.Mg.H3N/h1H3;1H;;1H3/q;;+1;/p-1. The summed E-state index contributed by atoms with van der Waals surface area (Å²) in [5, 5.41) is 2.03. The van der Waals surface area contributed by atoms with Gasteiger partial charge in [-0.1, -0.05) is 0 Å². The topological polar surface area (TPSA) is 35.0 Å². The molecule has 0 saturated heterocycles. The maximum atomic E-state index is 5.14. The summed E-state index contributed by atoms with van der Waals surface area (Å²) >= 11 is -0.111. The largest absolute Gasteiger partial charge is 0.497 e. The monoisotopic (exact) mass is 91.0 g/mol. The molecule has 0 aromatic rings. The lowest BCUT2D eigenvalue weighted by Crippen LogP contribution is -1.45. The molecule has 3 N–H and O–H groups in total. The van der Waals surface area contributed by atoms with Crippen LogP contribution in [0.3, 0.4) is 0 Å². The van der Waals surface area contributed by atoms with Crippen LogP contribution in [0, 0.1) is 0 Å². The van der Waals surface area contributed by atoms with Crippen molar-refractivity contribution in [1.82, 2.24) is 6.15 Å². The van der Waals surface area contributed by atoms with Crippen molar-refractivity contribution >= 4 is 28.3 Å². The van der Waals surface area contributed by atoms with Crippen molar-refractivity contribution in [3.8, 4) is 0 Å². The first-order valence-corrected chi connectivity index (χ1v) is 4.53. The van der Waals surface area contributed by atoms with Gasteiger partial charge in [-0.3, -0.25) is 0 Å². The fourth-order valence-corrected chi connectivity index (χ4v) is 0. The molecule has 0 aliphatic heterocycles. The zero-order valence-corrected chi connectivity index (χ0v) is 4.96. The summed E-state index contributed by atoms with van der Waals surface area (Å²) in [6.07, 6.45) is 0. The number of hydrogen-bond acceptors (Lipinski definition) is 1. The molecular formula is CH6ClMgN. The van der Waals surface area contributed by atoms with Crippen molar-refractivity contribution in [2.24, 2.45) is 0 Å². The van der Waals surface area contributed by atoms with Crippen LogP contribution in [0.2, 0.25) is 5.05 Å². The van der Waals surface area contributed by atoms with E-state index in [2.05, 4.69) is 0 Å². The summed E-state index contributed by atoms with van der Waals surface area (Å²) < 4.78 is 0. The van der Waals surface area contributed by atoms with Gasteiger partial charge in [-0.2, -0.15) is 0 Å². The Morgan fingerprint density at radius 1 is 1.75 bits per heavy atom. The Balaban J connectivity index is 0. The van der Waals surface area contributed by atoms with Crippen molar-refractivity contribution in [2.45, 2.75) is 5.05 Å². The summed E-state index contributed by atoms with van der Waals surface area (Å²) in [5.74, 6) is 0. The summed E-state index contributed by atoms with van der Waals surface area (Å²) in [4.78, 5) is 0. The van der Waals surface area contributed by atoms with E-state index >= 15 is 0 Å². The van der Waals surface area contributed by atoms with Crippen LogP contribution < -0.4 is 6.15 Å². The van der Waals surface area contributed by atoms with E-state index in [0.717, 1.165) is 0 Å². The van der Waals surface area contributed by atoms with Gasteiger partial charge < -0.3 is 15.2 Å². The van der Waals surface area contributed by atoms with Gasteiger partial charge in [-0.15, -0.1) is 5.05 Å². The minimum absolute atomic E-state index is 0. The van der Waals surface area contributed by atoms with Crippen LogP contribution in [0.1, 0.15) is 0 Å². The normalized spacial score (nSPS) is 2.50. The van der Waals surface area contributed by atoms with Gasteiger partial charge >= 0.3 is 19.3 Å². The summed E-state index contributed by atoms with van der Waals surface area (Å²) in [7, 11) is 5.14. The Morgan fingerprint density at radius 2 is 1.75 bits per heavy atom. The van der Waals surface area contributed by atoms with Gasteiger partial charge in [-0.05, 0) is 0 Å². The highest BCUT2D eigenvalue weighted by molar-refractivity contribution is 6.92. The lowest BCUT2D eigenvalue weighted by Gasteiger charge is -1.34. The minimum Gasteiger partial charge on any atom is -0.346 e. The molecule has 4 heavy (non-hydrogen) atoms. The predicted molar refractivity (Wildman–Crippen MR) is 22.5 cm³/mol. The molecule has 24 valence electrons. The molecule has 0 unspecified atom stereocenters. The van der Waals surface area contributed by atoms with E-state index in [1.165, 1.54) is 0 Å². The Hall–Kier alpha value is 1.02. The molecular weight excluding hydrogens is 85.8 g/mol. The molecule has 0 heterocycles. The highest BCUT2D eigenvalue weighted by atomic mass is 35.5. The second kappa shape index (κ2) is 8.99. The van der Waals surface area contributed by atoms with E-state index in [1.54, 1.807) is 0 Å². The zero-order valence-electron chi connectivity index (χ0n) is 2.79. The fourth-order valence-electron chi connectivity index (χ4n) is 0. The van der Waals surface area contributed by atoms with Gasteiger partial charge in [0.05, 0.1) is 0 Å². The van der Waals surface area contributed by atoms with Gasteiger partial charge in [0.15, 0.2) is 0 Å². The number of rotatable bonds is 0. The lowest BCUT2D eigenvalue weighted by atomic mass is 11.9. The van der Waals surface area contributed by atoms with Crippen molar-refractivity contribution < 1.29 is 0 Å². The van der Waals surface area contributed by atoms with Gasteiger partial charge in [0.25, 0.3) is 0 Å². The highest BCUT2D eigenvalue weighted by Gasteiger charge is 1.59. The first-order chi connectivity index (χ1) is 1.41. The van der Waals surface area contributed by atoms with Crippen molar-refractivity contribution in [1.29, 1.82) is 0 Å². The van der Waals surface area contributed by atoms with Crippen LogP contribution >= 0.6 is 9.07 Å². The molecule has 0 amide bonds. The van der Waals surface area contributed by atoms with E-state index in [-0.39, 0.29) is 25.4 Å². The van der Waals surface area contributed by atoms with Crippen LogP contribution in [0.25, 0.3) is 0 Å². The maximum Gasteiger partial charge on any atom is 0.497 e. The van der Waals surface area contributed by atoms with Crippen LogP contribution in [0.4, 0.5) is 0 Å². The van der Waals surface area contributed by atoms with E-state index in [4.69, 9.17) is 9.07 Å². The lowest BCUT2D eigenvalue weighted by molar-refractivity contribution is 2.13. The minimum atomic E-state index is -0.111. The van der Waals surface area contributed by atoms with Gasteiger partial charge in [0, 0.05) is 0 Å². The molecule has 0 bridgehead atoms. The fraction of sp³-hybridized carbons (Fsp3) is 1.00. The summed E-state index contributed by atoms with van der Waals surface area (Å²) in [6.45, 7) is 0. The third-order valence-electron chi connectivity index (χ3n) is 0. The zero-order chi connectivity index (χ0) is 2.71. The van der Waals surface area contributed by atoms with E-state index in [0.29, 0.717) is 0 Å². The summed E-state index contributed by atoms with van der Waals surface area (Å²) in [5.41, 5.74) is 0. The molecule has 0 fully saturated rings. The molecule has 0 saturated carbocycles. The van der Waals surface area contributed by atoms with E-state index < -0.39 is 0 Å². The molecule has 0 radical (unpaired) electrons. The van der Waals surface area contributed by atoms with Crippen LogP contribution in [0.15, 0.2) is 0 Å². The third-order valence-corrected chi connectivity index (χ3v) is 0. The van der Waals surface area contributed by atoms with Crippen LogP contribution in [-0.4, -0.2) is 19.3 Å². The third kappa shape index (κ3) is 11.9. The molecule has 0 aromatic carbocycles. The smallest absolute Gasteiger partial charge is 0.346 e. The molecule has 0 aromatic heterocycles. The van der Waals surface area contributed by atoms with E-state index in [9.17, 15) is 0 Å². The SMILES string of the molecule is N.[CH3][Mg][Cl]. The first kappa shape index (κ1) is 8.89. The molecule has 1 nitrogen and oxygen atoms in total. The molecule has 0 spiro atoms. The van der Waals surface area contributed by atoms with Crippen LogP contribution in [-0.2, 0) is 0 Å². The molecule has 3 heteroatoms. The Morgan fingerprint density at radius 3 is 1.75 bits per heavy atom. The molecule has 0 aliphatic carbocycles. The predicted octanol–water partition coefficient (Wildman–Crippen LogP) is 1.05. The number of halogens is 1. The van der Waals surface area contributed by atoms with Crippen LogP contribution in [0.5, 0.6) is 0 Å². The Bertz CT molecular complexity index is 8.00. The Kier molecular flexibility index (Phi) is 20.0. The van der Waals surface area contributed by atoms with Crippen molar-refractivity contribution in [2.75, 3.05) is 0 Å². The van der Waals surface area contributed by atoms with Crippen molar-refractivity contribution in [3.63, 3.8) is 0 Å². The Labute approximate surface area is 39.8 Å². The van der Waals surface area contributed by atoms with Gasteiger partial charge in [0.2, 0.25) is 0 Å². The quantitative estimate of drug-likeness (QED) is 0.445. The number of hydrogen-bond donors (Lipinski definition) is 1. The first-order valence-electron chi connectivity index (χ1n) is 0.974. The maximum absolute atomic E-state index is 5.14. The van der Waals surface area contributed by atoms with E-state index in [1.807, 2.05) is 5.05 Å². The average molecular weight is 91.8 g/mol. The second-order valence-corrected chi connectivity index (χ2v) is 2.41. The van der Waals surface area contributed by atoms with Gasteiger partial charge in [-0.25, -0.2) is 0 Å². The molecule has 0 rings (SSSR count).